The van der Waals surface area contributed by atoms with Crippen molar-refractivity contribution in [2.45, 2.75) is 52.9 Å². The third kappa shape index (κ3) is 12.4. The molecule has 2 N–H and O–H groups in total. The predicted molar refractivity (Wildman–Crippen MR) is 132 cm³/mol. The lowest BCUT2D eigenvalue weighted by molar-refractivity contribution is 0.0893. The van der Waals surface area contributed by atoms with Gasteiger partial charge in [0.2, 0.25) is 0 Å². The maximum atomic E-state index is 5.75. The smallest absolute Gasteiger partial charge is 0.191 e. The highest BCUT2D eigenvalue weighted by Crippen LogP contribution is 2.20. The van der Waals surface area contributed by atoms with Crippen LogP contribution < -0.4 is 10.6 Å². The normalized spacial score (nSPS) is 25.6. The van der Waals surface area contributed by atoms with Gasteiger partial charge in [-0.1, -0.05) is 13.8 Å². The molecule has 2 fully saturated rings. The standard InChI is InChI=1S/C22H44N4O2.HI/c1-4-23-22(25-10-7-12-27-17-21-8-13-28-18-21)24-9-5-6-11-26-15-19(2)14-20(3)16-26;/h19-21H,4-18H2,1-3H3,(H2,23,24,25);1H. The number of likely N-dealkylation sites (tertiary alicyclic amines) is 1. The first-order valence-electron chi connectivity index (χ1n) is 11.6. The first-order chi connectivity index (χ1) is 13.7. The van der Waals surface area contributed by atoms with E-state index in [1.54, 1.807) is 0 Å². The van der Waals surface area contributed by atoms with E-state index in [1.807, 2.05) is 0 Å². The average Bonchev–Trinajstić information content (AvgIpc) is 3.16. The summed E-state index contributed by atoms with van der Waals surface area (Å²) in [6.07, 6.45) is 5.94. The van der Waals surface area contributed by atoms with Crippen LogP contribution in [0.2, 0.25) is 0 Å². The number of guanidine groups is 1. The van der Waals surface area contributed by atoms with E-state index in [-0.39, 0.29) is 24.0 Å². The Bertz CT molecular complexity index is 423. The van der Waals surface area contributed by atoms with Crippen LogP contribution in [0, 0.1) is 17.8 Å². The summed E-state index contributed by atoms with van der Waals surface area (Å²) in [6.45, 7) is 16.7. The lowest BCUT2D eigenvalue weighted by atomic mass is 9.92. The number of unbranched alkanes of at least 4 members (excludes halogenated alkanes) is 1. The molecule has 2 aliphatic rings. The number of aliphatic imine (C=N–C) groups is 1. The Balaban J connectivity index is 0.00000420. The van der Waals surface area contributed by atoms with E-state index >= 15 is 0 Å². The molecule has 0 aromatic carbocycles. The molecule has 0 radical (unpaired) electrons. The van der Waals surface area contributed by atoms with Crippen molar-refractivity contribution in [3.63, 3.8) is 0 Å². The quantitative estimate of drug-likeness (QED) is 0.178. The Hall–Kier alpha value is -0.120. The van der Waals surface area contributed by atoms with Crippen LogP contribution in [0.4, 0.5) is 0 Å². The number of hydrogen-bond acceptors (Lipinski definition) is 4. The maximum absolute atomic E-state index is 5.75. The van der Waals surface area contributed by atoms with Crippen molar-refractivity contribution in [1.82, 2.24) is 15.5 Å². The first-order valence-corrected chi connectivity index (χ1v) is 11.6. The monoisotopic (exact) mass is 524 g/mol. The zero-order valence-electron chi connectivity index (χ0n) is 19.0. The van der Waals surface area contributed by atoms with Crippen molar-refractivity contribution < 1.29 is 9.47 Å². The molecule has 7 heteroatoms. The summed E-state index contributed by atoms with van der Waals surface area (Å²) in [4.78, 5) is 7.32. The van der Waals surface area contributed by atoms with Crippen molar-refractivity contribution in [3.8, 4) is 0 Å². The minimum atomic E-state index is 0. The number of rotatable bonds is 12. The van der Waals surface area contributed by atoms with Gasteiger partial charge in [0.25, 0.3) is 0 Å². The summed E-state index contributed by atoms with van der Waals surface area (Å²) < 4.78 is 11.1. The third-order valence-electron chi connectivity index (χ3n) is 5.58. The van der Waals surface area contributed by atoms with Crippen LogP contribution in [0.5, 0.6) is 0 Å². The highest BCUT2D eigenvalue weighted by Gasteiger charge is 2.20. The minimum absolute atomic E-state index is 0. The molecule has 0 spiro atoms. The van der Waals surface area contributed by atoms with E-state index in [1.165, 1.54) is 38.9 Å². The highest BCUT2D eigenvalue weighted by molar-refractivity contribution is 14.0. The van der Waals surface area contributed by atoms with Gasteiger partial charge in [-0.05, 0) is 57.4 Å². The molecule has 0 aromatic heterocycles. The Kier molecular flexibility index (Phi) is 15.4. The molecule has 3 unspecified atom stereocenters. The number of piperidine rings is 1. The summed E-state index contributed by atoms with van der Waals surface area (Å²) >= 11 is 0. The molecule has 2 heterocycles. The minimum Gasteiger partial charge on any atom is -0.381 e. The van der Waals surface area contributed by atoms with Crippen LogP contribution in [0.3, 0.4) is 0 Å². The SMILES string of the molecule is CCNC(=NCCCOCC1CCOC1)NCCCCN1CC(C)CC(C)C1.I. The summed E-state index contributed by atoms with van der Waals surface area (Å²) in [6, 6.07) is 0. The molecule has 29 heavy (non-hydrogen) atoms. The fourth-order valence-electron chi connectivity index (χ4n) is 4.31. The van der Waals surface area contributed by atoms with Crippen LogP contribution in [-0.4, -0.2) is 76.6 Å². The molecular formula is C22H45IN4O2. The van der Waals surface area contributed by atoms with Crippen LogP contribution in [-0.2, 0) is 9.47 Å². The van der Waals surface area contributed by atoms with E-state index in [0.717, 1.165) is 76.7 Å². The molecule has 0 aromatic rings. The third-order valence-corrected chi connectivity index (χ3v) is 5.58. The molecular weight excluding hydrogens is 479 g/mol. The summed E-state index contributed by atoms with van der Waals surface area (Å²) in [5.41, 5.74) is 0. The zero-order valence-corrected chi connectivity index (χ0v) is 21.3. The number of hydrogen-bond donors (Lipinski definition) is 2. The number of halogens is 1. The van der Waals surface area contributed by atoms with Gasteiger partial charge >= 0.3 is 0 Å². The van der Waals surface area contributed by atoms with Crippen molar-refractivity contribution in [1.29, 1.82) is 0 Å². The molecule has 6 nitrogen and oxygen atoms in total. The fourth-order valence-corrected chi connectivity index (χ4v) is 4.31. The first kappa shape index (κ1) is 26.9. The Labute approximate surface area is 196 Å². The molecule has 2 aliphatic heterocycles. The second kappa shape index (κ2) is 16.6. The fraction of sp³-hybridized carbons (Fsp3) is 0.955. The zero-order chi connectivity index (χ0) is 20.0. The predicted octanol–water partition coefficient (Wildman–Crippen LogP) is 3.36. The summed E-state index contributed by atoms with van der Waals surface area (Å²) in [5.74, 6) is 3.24. The van der Waals surface area contributed by atoms with Crippen LogP contribution in [0.25, 0.3) is 0 Å². The molecule has 2 saturated heterocycles. The number of nitrogens with zero attached hydrogens (tertiary/aromatic N) is 2. The van der Waals surface area contributed by atoms with Crippen LogP contribution in [0.1, 0.15) is 52.9 Å². The van der Waals surface area contributed by atoms with Gasteiger partial charge in [0.1, 0.15) is 0 Å². The number of ether oxygens (including phenoxy) is 2. The van der Waals surface area contributed by atoms with Gasteiger partial charge in [-0.15, -0.1) is 24.0 Å². The summed E-state index contributed by atoms with van der Waals surface area (Å²) in [7, 11) is 0. The van der Waals surface area contributed by atoms with Crippen molar-refractivity contribution >= 4 is 29.9 Å². The van der Waals surface area contributed by atoms with Crippen molar-refractivity contribution in [2.24, 2.45) is 22.7 Å². The van der Waals surface area contributed by atoms with Gasteiger partial charge in [-0.25, -0.2) is 0 Å². The van der Waals surface area contributed by atoms with E-state index < -0.39 is 0 Å². The van der Waals surface area contributed by atoms with Crippen molar-refractivity contribution in [3.05, 3.63) is 0 Å². The summed E-state index contributed by atoms with van der Waals surface area (Å²) in [5, 5.41) is 6.82. The average molecular weight is 525 g/mol. The van der Waals surface area contributed by atoms with Gasteiger partial charge in [0, 0.05) is 51.9 Å². The van der Waals surface area contributed by atoms with Gasteiger partial charge < -0.3 is 25.0 Å². The van der Waals surface area contributed by atoms with Gasteiger partial charge in [0.05, 0.1) is 13.2 Å². The van der Waals surface area contributed by atoms with Crippen molar-refractivity contribution in [2.75, 3.05) is 65.7 Å². The van der Waals surface area contributed by atoms with Crippen LogP contribution in [0.15, 0.2) is 4.99 Å². The van der Waals surface area contributed by atoms with E-state index in [4.69, 9.17) is 9.47 Å². The van der Waals surface area contributed by atoms with E-state index in [2.05, 4.69) is 41.3 Å². The Morgan fingerprint density at radius 3 is 2.62 bits per heavy atom. The van der Waals surface area contributed by atoms with Gasteiger partial charge in [0.15, 0.2) is 5.96 Å². The second-order valence-electron chi connectivity index (χ2n) is 8.76. The highest BCUT2D eigenvalue weighted by atomic mass is 127. The Morgan fingerprint density at radius 2 is 1.93 bits per heavy atom. The molecule has 0 saturated carbocycles. The maximum Gasteiger partial charge on any atom is 0.191 e. The molecule has 3 atom stereocenters. The molecule has 2 rings (SSSR count). The molecule has 0 aliphatic carbocycles. The number of nitrogens with one attached hydrogen (secondary N) is 2. The lowest BCUT2D eigenvalue weighted by Crippen LogP contribution is -2.40. The molecule has 0 amide bonds. The Morgan fingerprint density at radius 1 is 1.14 bits per heavy atom. The van der Waals surface area contributed by atoms with Crippen LogP contribution >= 0.6 is 24.0 Å². The second-order valence-corrected chi connectivity index (χ2v) is 8.76. The van der Waals surface area contributed by atoms with Gasteiger partial charge in [-0.2, -0.15) is 0 Å². The molecule has 0 bridgehead atoms. The van der Waals surface area contributed by atoms with Gasteiger partial charge in [-0.3, -0.25) is 4.99 Å². The largest absolute Gasteiger partial charge is 0.381 e. The molecule has 172 valence electrons. The van der Waals surface area contributed by atoms with E-state index in [9.17, 15) is 0 Å². The lowest BCUT2D eigenvalue weighted by Gasteiger charge is -2.34. The van der Waals surface area contributed by atoms with E-state index in [0.29, 0.717) is 5.92 Å². The topological polar surface area (TPSA) is 58.1 Å².